The van der Waals surface area contributed by atoms with Gasteiger partial charge in [-0.1, -0.05) is 5.21 Å². The number of hydrogen-bond donors (Lipinski definition) is 2. The van der Waals surface area contributed by atoms with Crippen LogP contribution in [-0.2, 0) is 9.59 Å². The molecule has 9 nitrogen and oxygen atoms in total. The van der Waals surface area contributed by atoms with Gasteiger partial charge in [-0.25, -0.2) is 4.68 Å². The van der Waals surface area contributed by atoms with Crippen molar-refractivity contribution in [2.75, 3.05) is 13.1 Å². The van der Waals surface area contributed by atoms with Crippen LogP contribution >= 0.6 is 0 Å². The van der Waals surface area contributed by atoms with Crippen LogP contribution in [0.1, 0.15) is 49.6 Å². The molecule has 24 heavy (non-hydrogen) atoms. The summed E-state index contributed by atoms with van der Waals surface area (Å²) in [6.45, 7) is 5.36. The number of rotatable bonds is 4. The second-order valence-electron chi connectivity index (χ2n) is 6.49. The number of aromatic nitrogens is 3. The van der Waals surface area contributed by atoms with Gasteiger partial charge < -0.3 is 10.6 Å². The van der Waals surface area contributed by atoms with E-state index in [1.807, 2.05) is 0 Å². The number of nitrogens with one attached hydrogen (secondary N) is 2. The first kappa shape index (κ1) is 16.6. The molecule has 3 rings (SSSR count). The number of carbonyl (C=O) groups is 3. The van der Waals surface area contributed by atoms with E-state index in [0.717, 1.165) is 25.9 Å². The molecule has 0 aromatic carbocycles. The van der Waals surface area contributed by atoms with E-state index in [1.54, 1.807) is 24.7 Å². The molecule has 2 aliphatic rings. The molecule has 0 saturated carbocycles. The van der Waals surface area contributed by atoms with Crippen molar-refractivity contribution in [3.63, 3.8) is 0 Å². The van der Waals surface area contributed by atoms with Crippen molar-refractivity contribution in [3.8, 4) is 0 Å². The summed E-state index contributed by atoms with van der Waals surface area (Å²) in [5, 5.41) is 13.8. The van der Waals surface area contributed by atoms with Crippen LogP contribution in [0.2, 0.25) is 0 Å². The summed E-state index contributed by atoms with van der Waals surface area (Å²) in [7, 11) is 0. The van der Waals surface area contributed by atoms with Crippen LogP contribution in [0.4, 0.5) is 0 Å². The molecule has 9 heteroatoms. The fourth-order valence-corrected chi connectivity index (χ4v) is 3.17. The van der Waals surface area contributed by atoms with Crippen LogP contribution < -0.4 is 10.6 Å². The van der Waals surface area contributed by atoms with Crippen molar-refractivity contribution in [2.45, 2.75) is 51.2 Å². The lowest BCUT2D eigenvalue weighted by molar-refractivity contribution is -0.140. The highest BCUT2D eigenvalue weighted by Crippen LogP contribution is 2.18. The van der Waals surface area contributed by atoms with E-state index in [-0.39, 0.29) is 36.0 Å². The molecule has 3 amide bonds. The van der Waals surface area contributed by atoms with Gasteiger partial charge in [0.2, 0.25) is 5.91 Å². The second kappa shape index (κ2) is 6.68. The SMILES string of the molecule is CC(C)N1C(=O)CC(NC(=O)c2cn(C3CCNCC3)nn2)C1=O. The van der Waals surface area contributed by atoms with Crippen LogP contribution in [0.15, 0.2) is 6.20 Å². The largest absolute Gasteiger partial charge is 0.338 e. The van der Waals surface area contributed by atoms with Crippen molar-refractivity contribution in [1.82, 2.24) is 30.5 Å². The highest BCUT2D eigenvalue weighted by Gasteiger charge is 2.41. The zero-order chi connectivity index (χ0) is 17.3. The van der Waals surface area contributed by atoms with Crippen molar-refractivity contribution in [2.24, 2.45) is 0 Å². The second-order valence-corrected chi connectivity index (χ2v) is 6.49. The molecule has 2 saturated heterocycles. The van der Waals surface area contributed by atoms with Gasteiger partial charge in [0, 0.05) is 6.04 Å². The molecule has 0 radical (unpaired) electrons. The summed E-state index contributed by atoms with van der Waals surface area (Å²) < 4.78 is 1.71. The third kappa shape index (κ3) is 3.16. The molecular formula is C15H22N6O3. The molecule has 2 N–H and O–H groups in total. The number of piperidine rings is 1. The van der Waals surface area contributed by atoms with Gasteiger partial charge in [-0.2, -0.15) is 0 Å². The Balaban J connectivity index is 1.64. The number of nitrogens with zero attached hydrogens (tertiary/aromatic N) is 4. The van der Waals surface area contributed by atoms with E-state index in [9.17, 15) is 14.4 Å². The first-order chi connectivity index (χ1) is 11.5. The summed E-state index contributed by atoms with van der Waals surface area (Å²) in [5.74, 6) is -1.11. The van der Waals surface area contributed by atoms with Gasteiger partial charge >= 0.3 is 0 Å². The van der Waals surface area contributed by atoms with Gasteiger partial charge in [-0.15, -0.1) is 5.10 Å². The van der Waals surface area contributed by atoms with Crippen molar-refractivity contribution < 1.29 is 14.4 Å². The van der Waals surface area contributed by atoms with E-state index in [2.05, 4.69) is 20.9 Å². The van der Waals surface area contributed by atoms with Crippen molar-refractivity contribution in [1.29, 1.82) is 0 Å². The lowest BCUT2D eigenvalue weighted by atomic mass is 10.1. The number of imide groups is 1. The average molecular weight is 334 g/mol. The van der Waals surface area contributed by atoms with E-state index in [1.165, 1.54) is 4.90 Å². The Kier molecular flexibility index (Phi) is 4.61. The zero-order valence-corrected chi connectivity index (χ0v) is 13.9. The van der Waals surface area contributed by atoms with Gasteiger partial charge in [-0.05, 0) is 39.8 Å². The maximum absolute atomic E-state index is 12.3. The van der Waals surface area contributed by atoms with E-state index in [4.69, 9.17) is 0 Å². The van der Waals surface area contributed by atoms with Crippen molar-refractivity contribution >= 4 is 17.7 Å². The molecule has 2 aliphatic heterocycles. The highest BCUT2D eigenvalue weighted by atomic mass is 16.2. The number of amides is 3. The summed E-state index contributed by atoms with van der Waals surface area (Å²) >= 11 is 0. The summed E-state index contributed by atoms with van der Waals surface area (Å²) in [6.07, 6.45) is 3.46. The van der Waals surface area contributed by atoms with Crippen LogP contribution in [0.3, 0.4) is 0 Å². The van der Waals surface area contributed by atoms with Crippen LogP contribution in [0.25, 0.3) is 0 Å². The molecule has 0 spiro atoms. The molecule has 130 valence electrons. The van der Waals surface area contributed by atoms with Gasteiger partial charge in [0.25, 0.3) is 11.8 Å². The maximum atomic E-state index is 12.3. The Morgan fingerprint density at radius 3 is 2.67 bits per heavy atom. The van der Waals surface area contributed by atoms with Crippen molar-refractivity contribution in [3.05, 3.63) is 11.9 Å². The Hall–Kier alpha value is -2.29. The molecule has 0 bridgehead atoms. The average Bonchev–Trinajstić information content (AvgIpc) is 3.14. The quantitative estimate of drug-likeness (QED) is 0.716. The molecule has 1 atom stereocenters. The Labute approximate surface area is 139 Å². The predicted molar refractivity (Wildman–Crippen MR) is 84.0 cm³/mol. The number of carbonyl (C=O) groups excluding carboxylic acids is 3. The molecule has 1 unspecified atom stereocenters. The zero-order valence-electron chi connectivity index (χ0n) is 13.9. The fraction of sp³-hybridized carbons (Fsp3) is 0.667. The summed E-state index contributed by atoms with van der Waals surface area (Å²) in [6, 6.07) is -0.810. The third-order valence-corrected chi connectivity index (χ3v) is 4.43. The monoisotopic (exact) mass is 334 g/mol. The van der Waals surface area contributed by atoms with E-state index >= 15 is 0 Å². The Morgan fingerprint density at radius 1 is 1.33 bits per heavy atom. The van der Waals surface area contributed by atoms with Crippen LogP contribution in [0, 0.1) is 0 Å². The molecular weight excluding hydrogens is 312 g/mol. The third-order valence-electron chi connectivity index (χ3n) is 4.43. The first-order valence-electron chi connectivity index (χ1n) is 8.26. The molecule has 2 fully saturated rings. The molecule has 0 aliphatic carbocycles. The topological polar surface area (TPSA) is 109 Å². The number of likely N-dealkylation sites (tertiary alicyclic amines) is 1. The lowest BCUT2D eigenvalue weighted by Crippen LogP contribution is -2.43. The van der Waals surface area contributed by atoms with Gasteiger partial charge in [-0.3, -0.25) is 19.3 Å². The highest BCUT2D eigenvalue weighted by molar-refractivity contribution is 6.08. The molecule has 1 aromatic heterocycles. The van der Waals surface area contributed by atoms with Gasteiger partial charge in [0.15, 0.2) is 5.69 Å². The van der Waals surface area contributed by atoms with Crippen LogP contribution in [0.5, 0.6) is 0 Å². The van der Waals surface area contributed by atoms with E-state index in [0.29, 0.717) is 0 Å². The lowest BCUT2D eigenvalue weighted by Gasteiger charge is -2.22. The minimum atomic E-state index is -0.823. The van der Waals surface area contributed by atoms with Gasteiger partial charge in [0.1, 0.15) is 6.04 Å². The minimum Gasteiger partial charge on any atom is -0.338 e. The van der Waals surface area contributed by atoms with Gasteiger partial charge in [0.05, 0.1) is 18.7 Å². The maximum Gasteiger partial charge on any atom is 0.274 e. The Bertz CT molecular complexity index is 649. The number of hydrogen-bond acceptors (Lipinski definition) is 6. The van der Waals surface area contributed by atoms with E-state index < -0.39 is 11.9 Å². The fourth-order valence-electron chi connectivity index (χ4n) is 3.17. The Morgan fingerprint density at radius 2 is 2.04 bits per heavy atom. The smallest absolute Gasteiger partial charge is 0.274 e. The summed E-state index contributed by atoms with van der Waals surface area (Å²) in [4.78, 5) is 37.6. The predicted octanol–water partition coefficient (Wildman–Crippen LogP) is -0.532. The van der Waals surface area contributed by atoms with Crippen LogP contribution in [-0.4, -0.2) is 62.8 Å². The standard InChI is InChI=1S/C15H22N6O3/c1-9(2)21-13(22)7-11(15(21)24)17-14(23)12-8-20(19-18-12)10-3-5-16-6-4-10/h8-11,16H,3-7H2,1-2H3,(H,17,23). The summed E-state index contributed by atoms with van der Waals surface area (Å²) in [5.41, 5.74) is 0.164. The molecule has 3 heterocycles. The first-order valence-corrected chi connectivity index (χ1v) is 8.26. The minimum absolute atomic E-state index is 0.00875. The normalized spacial score (nSPS) is 22.5. The molecule has 1 aromatic rings.